The molecule has 1 unspecified atom stereocenters. The predicted octanol–water partition coefficient (Wildman–Crippen LogP) is 1.80. The standard InChI is InChI=1S/C15H28N4O/c1-12(2)7-8-13(3)16-9-11-19-15(20)18-10-5-4-6-14(18)17-19/h12-13,16H,4-11H2,1-3H3. The first kappa shape index (κ1) is 15.3. The van der Waals surface area contributed by atoms with Crippen LogP contribution in [0.25, 0.3) is 0 Å². The summed E-state index contributed by atoms with van der Waals surface area (Å²) < 4.78 is 3.47. The fourth-order valence-corrected chi connectivity index (χ4v) is 2.70. The van der Waals surface area contributed by atoms with Crippen LogP contribution in [0.1, 0.15) is 52.3 Å². The maximum atomic E-state index is 12.1. The Hall–Kier alpha value is -1.10. The van der Waals surface area contributed by atoms with Crippen LogP contribution in [-0.4, -0.2) is 26.9 Å². The zero-order valence-electron chi connectivity index (χ0n) is 13.1. The topological polar surface area (TPSA) is 51.9 Å². The van der Waals surface area contributed by atoms with E-state index in [2.05, 4.69) is 31.2 Å². The smallest absolute Gasteiger partial charge is 0.312 e. The Kier molecular flexibility index (Phi) is 5.40. The SMILES string of the molecule is CC(C)CCC(C)NCCn1nc2n(c1=O)CCCC2. The quantitative estimate of drug-likeness (QED) is 0.828. The summed E-state index contributed by atoms with van der Waals surface area (Å²) in [5.41, 5.74) is 0.0660. The molecule has 2 rings (SSSR count). The summed E-state index contributed by atoms with van der Waals surface area (Å²) in [4.78, 5) is 12.1. The van der Waals surface area contributed by atoms with Gasteiger partial charge in [-0.3, -0.25) is 4.57 Å². The molecule has 0 fully saturated rings. The van der Waals surface area contributed by atoms with Gasteiger partial charge in [0.05, 0.1) is 6.54 Å². The molecule has 0 aliphatic carbocycles. The third kappa shape index (κ3) is 3.95. The summed E-state index contributed by atoms with van der Waals surface area (Å²) in [5, 5.41) is 7.93. The molecule has 1 aromatic rings. The third-order valence-corrected chi connectivity index (χ3v) is 4.02. The molecule has 0 saturated heterocycles. The predicted molar refractivity (Wildman–Crippen MR) is 81.0 cm³/mol. The van der Waals surface area contributed by atoms with Crippen molar-refractivity contribution in [2.24, 2.45) is 5.92 Å². The Balaban J connectivity index is 1.80. The van der Waals surface area contributed by atoms with Crippen LogP contribution in [0.2, 0.25) is 0 Å². The Morgan fingerprint density at radius 3 is 2.75 bits per heavy atom. The summed E-state index contributed by atoms with van der Waals surface area (Å²) in [6.45, 7) is 9.04. The first-order chi connectivity index (χ1) is 9.58. The number of rotatable bonds is 7. The summed E-state index contributed by atoms with van der Waals surface area (Å²) >= 11 is 0. The average molecular weight is 280 g/mol. The van der Waals surface area contributed by atoms with E-state index >= 15 is 0 Å². The fraction of sp³-hybridized carbons (Fsp3) is 0.867. The molecule has 0 amide bonds. The van der Waals surface area contributed by atoms with Crippen LogP contribution in [-0.2, 0) is 19.5 Å². The molecule has 20 heavy (non-hydrogen) atoms. The van der Waals surface area contributed by atoms with Crippen LogP contribution in [0, 0.1) is 5.92 Å². The Labute approximate surface area is 121 Å². The molecule has 0 radical (unpaired) electrons. The number of aromatic nitrogens is 3. The summed E-state index contributed by atoms with van der Waals surface area (Å²) in [5.74, 6) is 1.72. The molecule has 0 aromatic carbocycles. The molecule has 0 saturated carbocycles. The zero-order chi connectivity index (χ0) is 14.5. The van der Waals surface area contributed by atoms with Gasteiger partial charge in [0, 0.05) is 25.6 Å². The van der Waals surface area contributed by atoms with Crippen molar-refractivity contribution < 1.29 is 0 Å². The molecule has 114 valence electrons. The van der Waals surface area contributed by atoms with Crippen LogP contribution in [0.5, 0.6) is 0 Å². The molecule has 1 aliphatic heterocycles. The highest BCUT2D eigenvalue weighted by molar-refractivity contribution is 4.91. The van der Waals surface area contributed by atoms with E-state index in [4.69, 9.17) is 0 Å². The molecule has 1 aliphatic rings. The third-order valence-electron chi connectivity index (χ3n) is 4.02. The van der Waals surface area contributed by atoms with Crippen molar-refractivity contribution in [3.05, 3.63) is 16.3 Å². The highest BCUT2D eigenvalue weighted by atomic mass is 16.2. The molecule has 0 spiro atoms. The van der Waals surface area contributed by atoms with E-state index in [0.717, 1.165) is 44.1 Å². The molecule has 5 heteroatoms. The Bertz CT molecular complexity index is 475. The molecular weight excluding hydrogens is 252 g/mol. The lowest BCUT2D eigenvalue weighted by Gasteiger charge is -2.14. The summed E-state index contributed by atoms with van der Waals surface area (Å²) in [6.07, 6.45) is 5.63. The molecule has 0 bridgehead atoms. The largest absolute Gasteiger partial charge is 0.345 e. The van der Waals surface area contributed by atoms with E-state index in [0.29, 0.717) is 12.6 Å². The first-order valence-electron chi connectivity index (χ1n) is 7.98. The highest BCUT2D eigenvalue weighted by Gasteiger charge is 2.16. The van der Waals surface area contributed by atoms with Gasteiger partial charge in [0.2, 0.25) is 0 Å². The minimum atomic E-state index is 0.0660. The Morgan fingerprint density at radius 2 is 2.05 bits per heavy atom. The van der Waals surface area contributed by atoms with E-state index in [1.807, 2.05) is 4.57 Å². The van der Waals surface area contributed by atoms with Crippen LogP contribution < -0.4 is 11.0 Å². The number of aryl methyl sites for hydroxylation is 1. The number of fused-ring (bicyclic) bond motifs is 1. The van der Waals surface area contributed by atoms with E-state index in [1.165, 1.54) is 12.8 Å². The van der Waals surface area contributed by atoms with Gasteiger partial charge in [0.15, 0.2) is 0 Å². The number of hydrogen-bond donors (Lipinski definition) is 1. The van der Waals surface area contributed by atoms with E-state index in [9.17, 15) is 4.79 Å². The highest BCUT2D eigenvalue weighted by Crippen LogP contribution is 2.09. The molecule has 5 nitrogen and oxygen atoms in total. The molecule has 2 heterocycles. The van der Waals surface area contributed by atoms with Gasteiger partial charge in [-0.05, 0) is 38.5 Å². The summed E-state index contributed by atoms with van der Waals surface area (Å²) in [6, 6.07) is 0.505. The maximum Gasteiger partial charge on any atom is 0.345 e. The van der Waals surface area contributed by atoms with Crippen molar-refractivity contribution in [2.45, 2.75) is 72.0 Å². The lowest BCUT2D eigenvalue weighted by molar-refractivity contribution is 0.431. The van der Waals surface area contributed by atoms with Gasteiger partial charge in [-0.25, -0.2) is 9.48 Å². The minimum absolute atomic E-state index is 0.0660. The van der Waals surface area contributed by atoms with Crippen molar-refractivity contribution >= 4 is 0 Å². The van der Waals surface area contributed by atoms with Gasteiger partial charge in [-0.15, -0.1) is 0 Å². The summed E-state index contributed by atoms with van der Waals surface area (Å²) in [7, 11) is 0. The minimum Gasteiger partial charge on any atom is -0.312 e. The van der Waals surface area contributed by atoms with Gasteiger partial charge in [0.1, 0.15) is 5.82 Å². The fourth-order valence-electron chi connectivity index (χ4n) is 2.70. The van der Waals surface area contributed by atoms with Crippen molar-refractivity contribution in [2.75, 3.05) is 6.54 Å². The lowest BCUT2D eigenvalue weighted by atomic mass is 10.0. The van der Waals surface area contributed by atoms with Gasteiger partial charge in [-0.2, -0.15) is 5.10 Å². The van der Waals surface area contributed by atoms with Crippen LogP contribution in [0.15, 0.2) is 4.79 Å². The monoisotopic (exact) mass is 280 g/mol. The molecular formula is C15H28N4O. The van der Waals surface area contributed by atoms with Crippen molar-refractivity contribution in [1.82, 2.24) is 19.7 Å². The van der Waals surface area contributed by atoms with E-state index < -0.39 is 0 Å². The van der Waals surface area contributed by atoms with Gasteiger partial charge < -0.3 is 5.32 Å². The number of hydrogen-bond acceptors (Lipinski definition) is 3. The van der Waals surface area contributed by atoms with Crippen LogP contribution in [0.4, 0.5) is 0 Å². The zero-order valence-corrected chi connectivity index (χ0v) is 13.1. The van der Waals surface area contributed by atoms with Crippen LogP contribution in [0.3, 0.4) is 0 Å². The second kappa shape index (κ2) is 7.07. The maximum absolute atomic E-state index is 12.1. The molecule has 1 atom stereocenters. The Morgan fingerprint density at radius 1 is 1.25 bits per heavy atom. The lowest BCUT2D eigenvalue weighted by Crippen LogP contribution is -2.33. The van der Waals surface area contributed by atoms with Gasteiger partial charge >= 0.3 is 5.69 Å². The first-order valence-corrected chi connectivity index (χ1v) is 7.98. The second-order valence-corrected chi connectivity index (χ2v) is 6.36. The average Bonchev–Trinajstić information content (AvgIpc) is 2.74. The van der Waals surface area contributed by atoms with Crippen molar-refractivity contribution in [3.8, 4) is 0 Å². The molecule has 1 N–H and O–H groups in total. The van der Waals surface area contributed by atoms with Crippen LogP contribution >= 0.6 is 0 Å². The number of nitrogens with zero attached hydrogens (tertiary/aromatic N) is 3. The normalized spacial score (nSPS) is 16.4. The molecule has 1 aromatic heterocycles. The van der Waals surface area contributed by atoms with Crippen molar-refractivity contribution in [3.63, 3.8) is 0 Å². The van der Waals surface area contributed by atoms with Gasteiger partial charge in [0.25, 0.3) is 0 Å². The van der Waals surface area contributed by atoms with E-state index in [1.54, 1.807) is 4.68 Å². The second-order valence-electron chi connectivity index (χ2n) is 6.36. The van der Waals surface area contributed by atoms with Gasteiger partial charge in [-0.1, -0.05) is 13.8 Å². The van der Waals surface area contributed by atoms with Crippen molar-refractivity contribution in [1.29, 1.82) is 0 Å². The van der Waals surface area contributed by atoms with E-state index in [-0.39, 0.29) is 5.69 Å². The number of nitrogens with one attached hydrogen (secondary N) is 1.